The van der Waals surface area contributed by atoms with Gasteiger partial charge in [-0.3, -0.25) is 0 Å². The van der Waals surface area contributed by atoms with Crippen molar-refractivity contribution in [1.82, 2.24) is 4.23 Å². The largest absolute Gasteiger partial charge is 0.474 e. The molecular weight excluding hydrogens is 377 g/mol. The summed E-state index contributed by atoms with van der Waals surface area (Å²) < 4.78 is 16.4. The molecule has 0 unspecified atom stereocenters. The van der Waals surface area contributed by atoms with Crippen LogP contribution in [0.4, 0.5) is 0 Å². The number of rotatable bonds is 8. The second-order valence-corrected chi connectivity index (χ2v) is 23.2. The van der Waals surface area contributed by atoms with Gasteiger partial charge in [-0.25, -0.2) is 0 Å². The third-order valence-electron chi connectivity index (χ3n) is 7.04. The van der Waals surface area contributed by atoms with Gasteiger partial charge in [0.2, 0.25) is 0 Å². The van der Waals surface area contributed by atoms with Gasteiger partial charge in [0.15, 0.2) is 0 Å². The molecule has 1 aliphatic heterocycles. The minimum atomic E-state index is -1.50. The van der Waals surface area contributed by atoms with Crippen LogP contribution in [0.15, 0.2) is 0 Å². The Balaban J connectivity index is 2.26. The fraction of sp³-hybridized carbons (Fsp3) is 1.00. The molecule has 1 saturated carbocycles. The second-order valence-electron chi connectivity index (χ2n) is 13.1. The zero-order chi connectivity index (χ0) is 21.7. The zero-order valence-electron chi connectivity index (χ0n) is 21.0. The topological polar surface area (TPSA) is 21.7 Å². The molecule has 1 saturated heterocycles. The Bertz CT molecular complexity index is 526. The summed E-state index contributed by atoms with van der Waals surface area (Å²) >= 11 is 0. The highest BCUT2D eigenvalue weighted by Gasteiger charge is 2.55. The van der Waals surface area contributed by atoms with E-state index in [-0.39, 0.29) is 18.8 Å². The van der Waals surface area contributed by atoms with Crippen molar-refractivity contribution in [3.05, 3.63) is 0 Å². The van der Waals surface area contributed by atoms with Gasteiger partial charge in [-0.15, -0.1) is 0 Å². The van der Waals surface area contributed by atoms with Crippen molar-refractivity contribution in [2.45, 2.75) is 124 Å². The molecule has 3 atom stereocenters. The number of hydrogen-bond donors (Lipinski definition) is 0. The molecule has 3 nitrogen and oxygen atoms in total. The number of hydrogen-bond acceptors (Lipinski definition) is 3. The van der Waals surface area contributed by atoms with Crippen LogP contribution in [0.2, 0.25) is 39.3 Å². The summed E-state index contributed by atoms with van der Waals surface area (Å²) in [4.78, 5) is 0. The first-order valence-corrected chi connectivity index (χ1v) is 18.5. The van der Waals surface area contributed by atoms with E-state index in [1.54, 1.807) is 0 Å². The molecule has 0 aromatic heterocycles. The summed E-state index contributed by atoms with van der Waals surface area (Å²) in [5, 5.41) is 0. The smallest absolute Gasteiger partial charge is 0.404 e. The molecule has 2 aliphatic rings. The average Bonchev–Trinajstić information content (AvgIpc) is 2.74. The molecule has 1 aliphatic carbocycles. The molecule has 0 aromatic carbocycles. The molecule has 28 heavy (non-hydrogen) atoms. The Morgan fingerprint density at radius 2 is 1.54 bits per heavy atom. The van der Waals surface area contributed by atoms with E-state index in [0.717, 1.165) is 18.8 Å². The lowest BCUT2D eigenvalue weighted by molar-refractivity contribution is -0.00478. The first-order chi connectivity index (χ1) is 12.4. The number of nitrogens with zero attached hydrogens (tertiary/aromatic N) is 1. The molecule has 0 aromatic rings. The molecule has 0 amide bonds. The van der Waals surface area contributed by atoms with Gasteiger partial charge in [0.05, 0.1) is 11.7 Å². The summed E-state index contributed by atoms with van der Waals surface area (Å²) in [7, 11) is -3.10. The molecule has 1 heterocycles. The summed E-state index contributed by atoms with van der Waals surface area (Å²) in [6, 6.07) is 0. The van der Waals surface area contributed by atoms with Crippen LogP contribution in [-0.4, -0.2) is 45.5 Å². The van der Waals surface area contributed by atoms with Gasteiger partial charge >= 0.3 is 7.12 Å². The van der Waals surface area contributed by atoms with Crippen LogP contribution in [0, 0.1) is 17.3 Å². The quantitative estimate of drug-likeness (QED) is 0.419. The Kier molecular flexibility index (Phi) is 7.16. The highest BCUT2D eigenvalue weighted by Crippen LogP contribution is 2.50. The molecule has 0 radical (unpaired) electrons. The summed E-state index contributed by atoms with van der Waals surface area (Å²) in [6.07, 6.45) is 5.20. The van der Waals surface area contributed by atoms with Gasteiger partial charge in [0.1, 0.15) is 16.5 Å². The van der Waals surface area contributed by atoms with Gasteiger partial charge in [-0.2, -0.15) is 0 Å². The van der Waals surface area contributed by atoms with E-state index in [1.807, 2.05) is 0 Å². The van der Waals surface area contributed by atoms with Crippen LogP contribution in [0.3, 0.4) is 0 Å². The standard InChI is InChI=1S/C22H48BNO2Si2/c1-17(2)15-20(24(27(7,8)9)28(10,11)12)23-25-19(22(5,6)26-23)16-18-13-14-21(18,3)4/h17-20H,13-16H2,1-12H3/t18-,19+,20-/m0/s1. The lowest BCUT2D eigenvalue weighted by atomic mass is 9.60. The predicted molar refractivity (Wildman–Crippen MR) is 129 cm³/mol. The lowest BCUT2D eigenvalue weighted by Crippen LogP contribution is -2.67. The molecule has 2 rings (SSSR count). The molecule has 164 valence electrons. The SMILES string of the molecule is CC(C)C[C@@H](B1O[C@H](C[C@@H]2CCC2(C)C)C(C)(C)O1)N([Si](C)(C)C)[Si](C)(C)C. The molecule has 0 spiro atoms. The van der Waals surface area contributed by atoms with Crippen molar-refractivity contribution in [3.63, 3.8) is 0 Å². The highest BCUT2D eigenvalue weighted by atomic mass is 28.4. The maximum atomic E-state index is 6.79. The third kappa shape index (κ3) is 5.54. The van der Waals surface area contributed by atoms with Gasteiger partial charge in [0.25, 0.3) is 0 Å². The Morgan fingerprint density at radius 3 is 1.89 bits per heavy atom. The van der Waals surface area contributed by atoms with Gasteiger partial charge in [-0.1, -0.05) is 67.0 Å². The van der Waals surface area contributed by atoms with E-state index in [0.29, 0.717) is 17.3 Å². The maximum absolute atomic E-state index is 6.79. The highest BCUT2D eigenvalue weighted by molar-refractivity contribution is 6.90. The fourth-order valence-corrected chi connectivity index (χ4v) is 16.2. The van der Waals surface area contributed by atoms with Crippen LogP contribution in [0.5, 0.6) is 0 Å². The van der Waals surface area contributed by atoms with Crippen molar-refractivity contribution >= 4 is 23.6 Å². The van der Waals surface area contributed by atoms with Crippen LogP contribution in [0.1, 0.15) is 67.2 Å². The van der Waals surface area contributed by atoms with E-state index in [4.69, 9.17) is 9.31 Å². The van der Waals surface area contributed by atoms with E-state index in [1.165, 1.54) is 12.8 Å². The van der Waals surface area contributed by atoms with Gasteiger partial charge < -0.3 is 13.5 Å². The van der Waals surface area contributed by atoms with Crippen molar-refractivity contribution in [2.75, 3.05) is 0 Å². The van der Waals surface area contributed by atoms with E-state index < -0.39 is 16.5 Å². The minimum absolute atomic E-state index is 0.0935. The zero-order valence-corrected chi connectivity index (χ0v) is 23.0. The maximum Gasteiger partial charge on any atom is 0.474 e. The summed E-state index contributed by atoms with van der Waals surface area (Å²) in [5.41, 5.74) is 0.271. The molecule has 2 fully saturated rings. The molecular formula is C22H48BNO2Si2. The van der Waals surface area contributed by atoms with E-state index in [9.17, 15) is 0 Å². The van der Waals surface area contributed by atoms with Crippen LogP contribution in [0.25, 0.3) is 0 Å². The van der Waals surface area contributed by atoms with E-state index in [2.05, 4.69) is 85.1 Å². The third-order valence-corrected chi connectivity index (χ3v) is 14.6. The first-order valence-electron chi connectivity index (χ1n) is 11.6. The van der Waals surface area contributed by atoms with Crippen LogP contribution in [-0.2, 0) is 9.31 Å². The Hall–Kier alpha value is 0.379. The van der Waals surface area contributed by atoms with Crippen molar-refractivity contribution in [3.8, 4) is 0 Å². The van der Waals surface area contributed by atoms with Gasteiger partial charge in [0, 0.05) is 5.94 Å². The molecule has 6 heteroatoms. The normalized spacial score (nSPS) is 28.7. The Morgan fingerprint density at radius 1 is 1.00 bits per heavy atom. The molecule has 0 N–H and O–H groups in total. The van der Waals surface area contributed by atoms with E-state index >= 15 is 0 Å². The predicted octanol–water partition coefficient (Wildman–Crippen LogP) is 6.42. The summed E-state index contributed by atoms with van der Waals surface area (Å²) in [6.45, 7) is 29.0. The monoisotopic (exact) mass is 425 g/mol. The van der Waals surface area contributed by atoms with Crippen LogP contribution < -0.4 is 0 Å². The average molecular weight is 426 g/mol. The second kappa shape index (κ2) is 8.14. The first kappa shape index (κ1) is 24.6. The van der Waals surface area contributed by atoms with Gasteiger partial charge in [-0.05, 0) is 56.8 Å². The minimum Gasteiger partial charge on any atom is -0.404 e. The van der Waals surface area contributed by atoms with Crippen molar-refractivity contribution in [1.29, 1.82) is 0 Å². The molecule has 0 bridgehead atoms. The fourth-order valence-electron chi connectivity index (χ4n) is 5.68. The van der Waals surface area contributed by atoms with Crippen LogP contribution >= 0.6 is 0 Å². The Labute approximate surface area is 178 Å². The lowest BCUT2D eigenvalue weighted by Gasteiger charge is -2.49. The summed E-state index contributed by atoms with van der Waals surface area (Å²) in [5.74, 6) is 1.78. The van der Waals surface area contributed by atoms with Crippen molar-refractivity contribution < 1.29 is 9.31 Å². The van der Waals surface area contributed by atoms with Crippen molar-refractivity contribution in [2.24, 2.45) is 17.3 Å².